The molecule has 0 saturated carbocycles. The van der Waals surface area contributed by atoms with E-state index in [0.717, 1.165) is 12.1 Å². The normalized spacial score (nSPS) is 11.4. The molecule has 0 unspecified atom stereocenters. The van der Waals surface area contributed by atoms with Gasteiger partial charge in [0.05, 0.1) is 0 Å². The maximum absolute atomic E-state index is 11.9. The molecule has 1 heterocycles. The molecular weight excluding hydrogens is 356 g/mol. The Kier molecular flexibility index (Phi) is 5.50. The van der Waals surface area contributed by atoms with E-state index >= 15 is 0 Å². The zero-order chi connectivity index (χ0) is 17.7. The summed E-state index contributed by atoms with van der Waals surface area (Å²) < 4.78 is 29.5. The van der Waals surface area contributed by atoms with Gasteiger partial charge in [-0.2, -0.15) is 0 Å². The van der Waals surface area contributed by atoms with Gasteiger partial charge in [0.15, 0.2) is 0 Å². The molecule has 0 aliphatic rings. The van der Waals surface area contributed by atoms with Crippen molar-refractivity contribution in [2.75, 3.05) is 0 Å². The van der Waals surface area contributed by atoms with Crippen LogP contribution in [0.4, 0.5) is 0 Å². The van der Waals surface area contributed by atoms with Gasteiger partial charge in [0.25, 0.3) is 0 Å². The molecule has 5 nitrogen and oxygen atoms in total. The molecular formula is C18H18N2O3S2. The Hall–Kier alpha value is -2.19. The lowest BCUT2D eigenvalue weighted by molar-refractivity contribution is 0.467. The summed E-state index contributed by atoms with van der Waals surface area (Å²) in [5.41, 5.74) is 0.820. The van der Waals surface area contributed by atoms with Crippen molar-refractivity contribution in [1.82, 2.24) is 5.32 Å². The monoisotopic (exact) mass is 374 g/mol. The molecule has 0 radical (unpaired) electrons. The third-order valence-electron chi connectivity index (χ3n) is 3.49. The van der Waals surface area contributed by atoms with Gasteiger partial charge in [-0.3, -0.25) is 0 Å². The third kappa shape index (κ3) is 4.90. The minimum Gasteiger partial charge on any atom is -0.456 e. The number of sulfonamides is 1. The molecule has 0 amide bonds. The highest BCUT2D eigenvalue weighted by molar-refractivity contribution is 7.89. The summed E-state index contributed by atoms with van der Waals surface area (Å²) in [5, 5.41) is 10.7. The second-order valence-electron chi connectivity index (χ2n) is 5.42. The van der Waals surface area contributed by atoms with E-state index in [1.54, 1.807) is 35.6 Å². The summed E-state index contributed by atoms with van der Waals surface area (Å²) >= 11 is 1.67. The van der Waals surface area contributed by atoms with E-state index in [1.807, 2.05) is 41.8 Å². The van der Waals surface area contributed by atoms with Gasteiger partial charge in [-0.05, 0) is 41.3 Å². The van der Waals surface area contributed by atoms with Crippen molar-refractivity contribution < 1.29 is 13.2 Å². The Morgan fingerprint density at radius 2 is 1.80 bits per heavy atom. The molecule has 0 aliphatic heterocycles. The molecule has 3 rings (SSSR count). The zero-order valence-electron chi connectivity index (χ0n) is 13.4. The van der Waals surface area contributed by atoms with Crippen LogP contribution in [0, 0.1) is 0 Å². The Bertz CT molecular complexity index is 924. The molecule has 0 spiro atoms. The van der Waals surface area contributed by atoms with E-state index in [4.69, 9.17) is 9.88 Å². The minimum atomic E-state index is -3.90. The molecule has 0 fully saturated rings. The van der Waals surface area contributed by atoms with E-state index < -0.39 is 10.0 Å². The molecule has 0 aliphatic carbocycles. The Labute approximate surface area is 151 Å². The average Bonchev–Trinajstić information content (AvgIpc) is 3.09. The highest BCUT2D eigenvalue weighted by Gasteiger charge is 2.17. The number of nitrogens with one attached hydrogen (secondary N) is 1. The number of primary sulfonamides is 1. The minimum absolute atomic E-state index is 0.0215. The number of para-hydroxylation sites is 1. The first-order valence-corrected chi connectivity index (χ1v) is 10.1. The summed E-state index contributed by atoms with van der Waals surface area (Å²) in [6, 6.07) is 18.0. The van der Waals surface area contributed by atoms with Crippen LogP contribution in [-0.2, 0) is 23.1 Å². The van der Waals surface area contributed by atoms with Gasteiger partial charge in [-0.1, -0.05) is 30.3 Å². The molecule has 130 valence electrons. The number of nitrogens with two attached hydrogens (primary N) is 1. The fourth-order valence-corrected chi connectivity index (χ4v) is 3.71. The Morgan fingerprint density at radius 3 is 2.48 bits per heavy atom. The fourth-order valence-electron chi connectivity index (χ4n) is 2.33. The van der Waals surface area contributed by atoms with Crippen LogP contribution >= 0.6 is 11.3 Å². The van der Waals surface area contributed by atoms with Crippen LogP contribution in [0.15, 0.2) is 70.9 Å². The summed E-state index contributed by atoms with van der Waals surface area (Å²) in [7, 11) is -3.90. The molecule has 25 heavy (non-hydrogen) atoms. The van der Waals surface area contributed by atoms with E-state index in [2.05, 4.69) is 5.32 Å². The van der Waals surface area contributed by atoms with Crippen LogP contribution in [0.2, 0.25) is 0 Å². The molecule has 3 N–H and O–H groups in total. The van der Waals surface area contributed by atoms with Crippen molar-refractivity contribution in [2.24, 2.45) is 5.14 Å². The van der Waals surface area contributed by atoms with Gasteiger partial charge < -0.3 is 10.1 Å². The summed E-state index contributed by atoms with van der Waals surface area (Å²) in [6.45, 7) is 1.26. The fraction of sp³-hybridized carbons (Fsp3) is 0.111. The van der Waals surface area contributed by atoms with Crippen molar-refractivity contribution >= 4 is 21.4 Å². The van der Waals surface area contributed by atoms with Crippen LogP contribution in [0.25, 0.3) is 0 Å². The molecule has 1 aromatic heterocycles. The van der Waals surface area contributed by atoms with E-state index in [-0.39, 0.29) is 10.6 Å². The number of benzene rings is 2. The Balaban J connectivity index is 1.77. The maximum Gasteiger partial charge on any atom is 0.241 e. The number of hydrogen-bond donors (Lipinski definition) is 2. The van der Waals surface area contributed by atoms with Gasteiger partial charge in [-0.15, -0.1) is 11.3 Å². The standard InChI is InChI=1S/C18H18N2O3S2/c19-25(21,22)18-11-14(12-20-13-16-7-4-10-24-16)8-9-17(18)23-15-5-2-1-3-6-15/h1-11,20H,12-13H2,(H2,19,21,22). The first-order chi connectivity index (χ1) is 12.0. The maximum atomic E-state index is 11.9. The topological polar surface area (TPSA) is 81.4 Å². The van der Waals surface area contributed by atoms with Crippen LogP contribution in [0.1, 0.15) is 10.4 Å². The highest BCUT2D eigenvalue weighted by atomic mass is 32.2. The van der Waals surface area contributed by atoms with Crippen molar-refractivity contribution in [3.8, 4) is 11.5 Å². The van der Waals surface area contributed by atoms with Gasteiger partial charge in [0.1, 0.15) is 16.4 Å². The van der Waals surface area contributed by atoms with Crippen molar-refractivity contribution in [2.45, 2.75) is 18.0 Å². The van der Waals surface area contributed by atoms with Crippen LogP contribution in [0.3, 0.4) is 0 Å². The SMILES string of the molecule is NS(=O)(=O)c1cc(CNCc2cccs2)ccc1Oc1ccccc1. The van der Waals surface area contributed by atoms with Gasteiger partial charge in [-0.25, -0.2) is 13.6 Å². The second-order valence-corrected chi connectivity index (χ2v) is 7.99. The quantitative estimate of drug-likeness (QED) is 0.663. The molecule has 7 heteroatoms. The predicted octanol–water partition coefficient (Wildman–Crippen LogP) is 3.48. The molecule has 2 aromatic carbocycles. The summed E-state index contributed by atoms with van der Waals surface area (Å²) in [6.07, 6.45) is 0. The lowest BCUT2D eigenvalue weighted by Crippen LogP contribution is -2.16. The van der Waals surface area contributed by atoms with Crippen molar-refractivity contribution in [3.63, 3.8) is 0 Å². The molecule has 0 saturated heterocycles. The molecule has 0 bridgehead atoms. The zero-order valence-corrected chi connectivity index (χ0v) is 15.0. The Morgan fingerprint density at radius 1 is 1.00 bits per heavy atom. The van der Waals surface area contributed by atoms with Crippen LogP contribution in [0.5, 0.6) is 11.5 Å². The number of thiophene rings is 1. The van der Waals surface area contributed by atoms with Crippen LogP contribution in [-0.4, -0.2) is 8.42 Å². The van der Waals surface area contributed by atoms with E-state index in [9.17, 15) is 8.42 Å². The van der Waals surface area contributed by atoms with Gasteiger partial charge in [0, 0.05) is 18.0 Å². The van der Waals surface area contributed by atoms with E-state index in [0.29, 0.717) is 12.3 Å². The largest absolute Gasteiger partial charge is 0.456 e. The average molecular weight is 374 g/mol. The van der Waals surface area contributed by atoms with Crippen LogP contribution < -0.4 is 15.2 Å². The second kappa shape index (κ2) is 7.79. The highest BCUT2D eigenvalue weighted by Crippen LogP contribution is 2.29. The number of hydrogen-bond acceptors (Lipinski definition) is 5. The third-order valence-corrected chi connectivity index (χ3v) is 5.30. The van der Waals surface area contributed by atoms with Crippen molar-refractivity contribution in [1.29, 1.82) is 0 Å². The summed E-state index contributed by atoms with van der Waals surface area (Å²) in [4.78, 5) is 1.20. The number of ether oxygens (including phenoxy) is 1. The smallest absolute Gasteiger partial charge is 0.241 e. The molecule has 0 atom stereocenters. The number of rotatable bonds is 7. The lowest BCUT2D eigenvalue weighted by atomic mass is 10.2. The van der Waals surface area contributed by atoms with Gasteiger partial charge >= 0.3 is 0 Å². The molecule has 3 aromatic rings. The first-order valence-electron chi connectivity index (χ1n) is 7.64. The van der Waals surface area contributed by atoms with E-state index in [1.165, 1.54) is 4.88 Å². The van der Waals surface area contributed by atoms with Gasteiger partial charge in [0.2, 0.25) is 10.0 Å². The predicted molar refractivity (Wildman–Crippen MR) is 99.2 cm³/mol. The lowest BCUT2D eigenvalue weighted by Gasteiger charge is -2.12. The van der Waals surface area contributed by atoms with Crippen molar-refractivity contribution in [3.05, 3.63) is 76.5 Å². The first kappa shape index (κ1) is 17.6. The summed E-state index contributed by atoms with van der Waals surface area (Å²) in [5.74, 6) is 0.770.